The van der Waals surface area contributed by atoms with E-state index in [0.717, 1.165) is 0 Å². The molecule has 33 heavy (non-hydrogen) atoms. The van der Waals surface area contributed by atoms with Gasteiger partial charge in [0.15, 0.2) is 11.5 Å². The van der Waals surface area contributed by atoms with Crippen molar-refractivity contribution in [1.29, 1.82) is 0 Å². The highest BCUT2D eigenvalue weighted by molar-refractivity contribution is 7.89. The SMILES string of the molecule is COc1cc(C(=O)NCC(=O)N2CCN(S(=O)(=O)c3cccnc3)CC2)cc(OC)c1OC. The molecule has 0 atom stereocenters. The topological polar surface area (TPSA) is 127 Å². The standard InChI is InChI=1S/C21H26N4O7S/c1-30-17-11-15(12-18(31-2)20(17)32-3)21(27)23-14-19(26)24-7-9-25(10-8-24)33(28,29)16-5-4-6-22-13-16/h4-6,11-13H,7-10,14H2,1-3H3,(H,23,27). The molecule has 1 aromatic carbocycles. The number of nitrogens with one attached hydrogen (secondary N) is 1. The Balaban J connectivity index is 1.57. The molecule has 11 nitrogen and oxygen atoms in total. The summed E-state index contributed by atoms with van der Waals surface area (Å²) in [7, 11) is 0.678. The van der Waals surface area contributed by atoms with Crippen LogP contribution in [0.2, 0.25) is 0 Å². The van der Waals surface area contributed by atoms with Gasteiger partial charge in [-0.25, -0.2) is 8.42 Å². The van der Waals surface area contributed by atoms with Crippen LogP contribution in [0.4, 0.5) is 0 Å². The van der Waals surface area contributed by atoms with Gasteiger partial charge in [-0.2, -0.15) is 4.31 Å². The van der Waals surface area contributed by atoms with Crippen LogP contribution in [-0.2, 0) is 14.8 Å². The first-order valence-corrected chi connectivity index (χ1v) is 11.5. The van der Waals surface area contributed by atoms with E-state index in [0.29, 0.717) is 17.2 Å². The molecule has 1 aliphatic rings. The van der Waals surface area contributed by atoms with E-state index in [4.69, 9.17) is 14.2 Å². The molecule has 2 heterocycles. The second kappa shape index (κ2) is 10.5. The molecule has 0 aliphatic carbocycles. The first-order chi connectivity index (χ1) is 15.8. The summed E-state index contributed by atoms with van der Waals surface area (Å²) in [6.07, 6.45) is 2.80. The van der Waals surface area contributed by atoms with Crippen molar-refractivity contribution in [2.45, 2.75) is 4.90 Å². The Morgan fingerprint density at radius 1 is 1.03 bits per heavy atom. The molecular formula is C21H26N4O7S. The molecular weight excluding hydrogens is 452 g/mol. The molecule has 0 unspecified atom stereocenters. The van der Waals surface area contributed by atoms with Gasteiger partial charge in [-0.05, 0) is 24.3 Å². The number of hydrogen-bond acceptors (Lipinski definition) is 8. The van der Waals surface area contributed by atoms with E-state index < -0.39 is 15.9 Å². The number of nitrogens with zero attached hydrogens (tertiary/aromatic N) is 3. The lowest BCUT2D eigenvalue weighted by Crippen LogP contribution is -2.52. The zero-order valence-corrected chi connectivity index (χ0v) is 19.4. The van der Waals surface area contributed by atoms with Crippen molar-refractivity contribution >= 4 is 21.8 Å². The van der Waals surface area contributed by atoms with Gasteiger partial charge < -0.3 is 24.4 Å². The summed E-state index contributed by atoms with van der Waals surface area (Å²) in [5, 5.41) is 2.58. The summed E-state index contributed by atoms with van der Waals surface area (Å²) in [6, 6.07) is 6.02. The van der Waals surface area contributed by atoms with Crippen LogP contribution in [0.15, 0.2) is 41.6 Å². The predicted octanol–water partition coefficient (Wildman–Crippen LogP) is 0.370. The van der Waals surface area contributed by atoms with Crippen LogP contribution in [0.3, 0.4) is 0 Å². The van der Waals surface area contributed by atoms with Crippen molar-refractivity contribution in [2.24, 2.45) is 0 Å². The van der Waals surface area contributed by atoms with Gasteiger partial charge in [0.2, 0.25) is 21.7 Å². The number of amides is 2. The summed E-state index contributed by atoms with van der Waals surface area (Å²) in [6.45, 7) is 0.523. The number of methoxy groups -OCH3 is 3. The maximum Gasteiger partial charge on any atom is 0.251 e. The van der Waals surface area contributed by atoms with Crippen molar-refractivity contribution in [3.63, 3.8) is 0 Å². The van der Waals surface area contributed by atoms with Gasteiger partial charge in [-0.3, -0.25) is 14.6 Å². The quantitative estimate of drug-likeness (QED) is 0.577. The molecule has 2 aromatic rings. The molecule has 1 saturated heterocycles. The van der Waals surface area contributed by atoms with E-state index in [9.17, 15) is 18.0 Å². The fourth-order valence-electron chi connectivity index (χ4n) is 3.41. The number of carbonyl (C=O) groups excluding carboxylic acids is 2. The van der Waals surface area contributed by atoms with Gasteiger partial charge in [0.1, 0.15) is 4.90 Å². The molecule has 178 valence electrons. The fourth-order valence-corrected chi connectivity index (χ4v) is 4.80. The zero-order valence-electron chi connectivity index (χ0n) is 18.6. The van der Waals surface area contributed by atoms with Crippen LogP contribution >= 0.6 is 0 Å². The zero-order chi connectivity index (χ0) is 24.0. The minimum absolute atomic E-state index is 0.113. The summed E-state index contributed by atoms with van der Waals surface area (Å²) in [5.41, 5.74) is 0.240. The molecule has 1 aliphatic heterocycles. The summed E-state index contributed by atoms with van der Waals surface area (Å²) in [4.78, 5) is 30.6. The van der Waals surface area contributed by atoms with Crippen LogP contribution in [0.25, 0.3) is 0 Å². The molecule has 2 amide bonds. The highest BCUT2D eigenvalue weighted by Gasteiger charge is 2.30. The second-order valence-electron chi connectivity index (χ2n) is 7.07. The Bertz CT molecular complexity index is 1080. The molecule has 1 aromatic heterocycles. The average Bonchev–Trinajstić information content (AvgIpc) is 2.86. The number of ether oxygens (including phenoxy) is 3. The molecule has 3 rings (SSSR count). The summed E-state index contributed by atoms with van der Waals surface area (Å²) >= 11 is 0. The number of carbonyl (C=O) groups is 2. The molecule has 0 radical (unpaired) electrons. The number of piperazine rings is 1. The lowest BCUT2D eigenvalue weighted by Gasteiger charge is -2.34. The smallest absolute Gasteiger partial charge is 0.251 e. The minimum atomic E-state index is -3.66. The molecule has 0 spiro atoms. The fraction of sp³-hybridized carbons (Fsp3) is 0.381. The van der Waals surface area contributed by atoms with Crippen molar-refractivity contribution in [1.82, 2.24) is 19.5 Å². The van der Waals surface area contributed by atoms with E-state index in [2.05, 4.69) is 10.3 Å². The van der Waals surface area contributed by atoms with Crippen molar-refractivity contribution in [2.75, 3.05) is 54.1 Å². The number of hydrogen-bond donors (Lipinski definition) is 1. The first-order valence-electron chi connectivity index (χ1n) is 10.1. The Labute approximate surface area is 192 Å². The van der Waals surface area contributed by atoms with E-state index in [-0.39, 0.29) is 49.1 Å². The Morgan fingerprint density at radius 2 is 1.67 bits per heavy atom. The Hall–Kier alpha value is -3.38. The van der Waals surface area contributed by atoms with Crippen LogP contribution < -0.4 is 19.5 Å². The van der Waals surface area contributed by atoms with Crippen molar-refractivity contribution in [3.05, 3.63) is 42.2 Å². The van der Waals surface area contributed by atoms with Gasteiger partial charge in [-0.15, -0.1) is 0 Å². The van der Waals surface area contributed by atoms with Crippen LogP contribution in [0.5, 0.6) is 17.2 Å². The van der Waals surface area contributed by atoms with Crippen LogP contribution in [0, 0.1) is 0 Å². The van der Waals surface area contributed by atoms with Gasteiger partial charge in [0.05, 0.1) is 27.9 Å². The predicted molar refractivity (Wildman–Crippen MR) is 118 cm³/mol. The second-order valence-corrected chi connectivity index (χ2v) is 9.01. The van der Waals surface area contributed by atoms with E-state index in [1.807, 2.05) is 0 Å². The number of benzene rings is 1. The monoisotopic (exact) mass is 478 g/mol. The van der Waals surface area contributed by atoms with Gasteiger partial charge >= 0.3 is 0 Å². The highest BCUT2D eigenvalue weighted by Crippen LogP contribution is 2.38. The highest BCUT2D eigenvalue weighted by atomic mass is 32.2. The molecule has 12 heteroatoms. The maximum atomic E-state index is 12.7. The normalized spacial score (nSPS) is 14.5. The molecule has 0 saturated carbocycles. The number of sulfonamides is 1. The van der Waals surface area contributed by atoms with Crippen LogP contribution in [-0.4, -0.2) is 88.5 Å². The molecule has 1 fully saturated rings. The summed E-state index contributed by atoms with van der Waals surface area (Å²) < 4.78 is 42.4. The Morgan fingerprint density at radius 3 is 2.18 bits per heavy atom. The third kappa shape index (κ3) is 5.34. The largest absolute Gasteiger partial charge is 0.493 e. The van der Waals surface area contributed by atoms with Crippen LogP contribution in [0.1, 0.15) is 10.4 Å². The molecule has 1 N–H and O–H groups in total. The van der Waals surface area contributed by atoms with Gasteiger partial charge in [-0.1, -0.05) is 0 Å². The summed E-state index contributed by atoms with van der Waals surface area (Å²) in [5.74, 6) is 0.194. The third-order valence-electron chi connectivity index (χ3n) is 5.19. The van der Waals surface area contributed by atoms with E-state index in [1.54, 1.807) is 6.07 Å². The number of pyridine rings is 1. The molecule has 0 bridgehead atoms. The maximum absolute atomic E-state index is 12.7. The lowest BCUT2D eigenvalue weighted by molar-refractivity contribution is -0.131. The van der Waals surface area contributed by atoms with Gasteiger partial charge in [0.25, 0.3) is 5.91 Å². The van der Waals surface area contributed by atoms with E-state index >= 15 is 0 Å². The van der Waals surface area contributed by atoms with Crippen molar-refractivity contribution in [3.8, 4) is 17.2 Å². The van der Waals surface area contributed by atoms with E-state index in [1.165, 1.54) is 61.1 Å². The van der Waals surface area contributed by atoms with Gasteiger partial charge in [0, 0.05) is 44.1 Å². The first kappa shape index (κ1) is 24.3. The van der Waals surface area contributed by atoms with Crippen molar-refractivity contribution < 1.29 is 32.2 Å². The lowest BCUT2D eigenvalue weighted by atomic mass is 10.1. The minimum Gasteiger partial charge on any atom is -0.493 e. The Kier molecular flexibility index (Phi) is 7.71. The third-order valence-corrected chi connectivity index (χ3v) is 7.07. The number of aromatic nitrogens is 1. The number of rotatable bonds is 8. The average molecular weight is 479 g/mol.